The third-order valence-electron chi connectivity index (χ3n) is 5.19. The van der Waals surface area contributed by atoms with Gasteiger partial charge in [-0.05, 0) is 49.4 Å². The lowest BCUT2D eigenvalue weighted by Gasteiger charge is -2.15. The quantitative estimate of drug-likeness (QED) is 0.342. The Bertz CT molecular complexity index is 1430. The van der Waals surface area contributed by atoms with Crippen LogP contribution in [0.15, 0.2) is 53.3 Å². The lowest BCUT2D eigenvalue weighted by Crippen LogP contribution is -2.37. The molecular weight excluding hydrogens is 558 g/mol. The molecule has 0 saturated carbocycles. The lowest BCUT2D eigenvalue weighted by atomic mass is 10.2. The topological polar surface area (TPSA) is 117 Å². The second kappa shape index (κ2) is 11.2. The molecule has 2 unspecified atom stereocenters. The molecule has 0 aliphatic carbocycles. The van der Waals surface area contributed by atoms with Crippen molar-refractivity contribution in [3.8, 4) is 17.1 Å². The number of nitrogens with zero attached hydrogens (tertiary/aromatic N) is 6. The van der Waals surface area contributed by atoms with Gasteiger partial charge in [0.25, 0.3) is 0 Å². The molecular formula is C22H21Cl3F3N7O2. The SMILES string of the molecule is CC(N)c1nc(Cn2nc(-c3ccc(Cl)cc3)n(CC(O)C(F)(F)F)c2=O)nn1-c1cccc(Cl)c1.Cl. The van der Waals surface area contributed by atoms with E-state index in [1.807, 2.05) is 0 Å². The first kappa shape index (κ1) is 28.7. The van der Waals surface area contributed by atoms with E-state index < -0.39 is 30.6 Å². The summed E-state index contributed by atoms with van der Waals surface area (Å²) in [7, 11) is 0. The third-order valence-corrected chi connectivity index (χ3v) is 5.67. The van der Waals surface area contributed by atoms with Crippen LogP contribution in [0, 0.1) is 0 Å². The first-order valence-corrected chi connectivity index (χ1v) is 11.4. The predicted octanol–water partition coefficient (Wildman–Crippen LogP) is 4.01. The van der Waals surface area contributed by atoms with Crippen LogP contribution < -0.4 is 11.4 Å². The van der Waals surface area contributed by atoms with Crippen molar-refractivity contribution in [2.24, 2.45) is 5.73 Å². The molecule has 0 aliphatic rings. The maximum absolute atomic E-state index is 13.1. The molecule has 0 fully saturated rings. The van der Waals surface area contributed by atoms with Crippen molar-refractivity contribution < 1.29 is 18.3 Å². The first-order chi connectivity index (χ1) is 16.9. The number of nitrogens with two attached hydrogens (primary N) is 1. The molecule has 37 heavy (non-hydrogen) atoms. The summed E-state index contributed by atoms with van der Waals surface area (Å²) in [6.07, 6.45) is -7.70. The maximum Gasteiger partial charge on any atom is 0.416 e. The largest absolute Gasteiger partial charge is 0.416 e. The second-order valence-corrected chi connectivity index (χ2v) is 8.88. The van der Waals surface area contributed by atoms with Crippen molar-refractivity contribution in [1.82, 2.24) is 29.1 Å². The van der Waals surface area contributed by atoms with E-state index in [-0.39, 0.29) is 30.6 Å². The summed E-state index contributed by atoms with van der Waals surface area (Å²) in [5.74, 6) is 0.444. The number of halogens is 6. The van der Waals surface area contributed by atoms with E-state index >= 15 is 0 Å². The minimum Gasteiger partial charge on any atom is -0.382 e. The summed E-state index contributed by atoms with van der Waals surface area (Å²) in [6, 6.07) is 12.3. The zero-order valence-corrected chi connectivity index (χ0v) is 21.4. The number of alkyl halides is 3. The normalized spacial score (nSPS) is 13.3. The molecule has 2 atom stereocenters. The number of aliphatic hydroxyl groups is 1. The van der Waals surface area contributed by atoms with Crippen molar-refractivity contribution in [1.29, 1.82) is 0 Å². The molecule has 0 spiro atoms. The van der Waals surface area contributed by atoms with Gasteiger partial charge in [0.05, 0.1) is 18.3 Å². The van der Waals surface area contributed by atoms with E-state index in [1.165, 1.54) is 28.9 Å². The fourth-order valence-corrected chi connectivity index (χ4v) is 3.77. The van der Waals surface area contributed by atoms with E-state index in [0.29, 0.717) is 27.1 Å². The molecule has 2 aromatic heterocycles. The fourth-order valence-electron chi connectivity index (χ4n) is 3.46. The zero-order chi connectivity index (χ0) is 26.2. The van der Waals surface area contributed by atoms with Crippen molar-refractivity contribution in [2.45, 2.75) is 38.3 Å². The highest BCUT2D eigenvalue weighted by molar-refractivity contribution is 6.31. The summed E-state index contributed by atoms with van der Waals surface area (Å²) in [6.45, 7) is 0.393. The van der Waals surface area contributed by atoms with Crippen molar-refractivity contribution in [3.63, 3.8) is 0 Å². The molecule has 0 amide bonds. The summed E-state index contributed by atoms with van der Waals surface area (Å²) < 4.78 is 42.3. The number of benzene rings is 2. The van der Waals surface area contributed by atoms with Gasteiger partial charge in [-0.2, -0.15) is 13.2 Å². The van der Waals surface area contributed by atoms with Gasteiger partial charge < -0.3 is 10.8 Å². The minimum atomic E-state index is -4.93. The summed E-state index contributed by atoms with van der Waals surface area (Å²) in [5, 5.41) is 19.1. The molecule has 0 radical (unpaired) electrons. The molecule has 2 heterocycles. The Morgan fingerprint density at radius 3 is 2.35 bits per heavy atom. The van der Waals surface area contributed by atoms with E-state index in [2.05, 4.69) is 15.2 Å². The smallest absolute Gasteiger partial charge is 0.382 e. The van der Waals surface area contributed by atoms with Gasteiger partial charge in [0.2, 0.25) is 0 Å². The molecule has 0 aliphatic heterocycles. The minimum absolute atomic E-state index is 0. The van der Waals surface area contributed by atoms with E-state index in [4.69, 9.17) is 28.9 Å². The van der Waals surface area contributed by atoms with E-state index in [1.54, 1.807) is 31.2 Å². The van der Waals surface area contributed by atoms with Crippen molar-refractivity contribution in [2.75, 3.05) is 0 Å². The van der Waals surface area contributed by atoms with Crippen LogP contribution in [-0.2, 0) is 13.1 Å². The van der Waals surface area contributed by atoms with Gasteiger partial charge in [-0.15, -0.1) is 22.6 Å². The van der Waals surface area contributed by atoms with Crippen LogP contribution in [0.1, 0.15) is 24.6 Å². The van der Waals surface area contributed by atoms with Gasteiger partial charge in [0.1, 0.15) is 12.4 Å². The maximum atomic E-state index is 13.1. The molecule has 9 nitrogen and oxygen atoms in total. The van der Waals surface area contributed by atoms with Gasteiger partial charge in [0.15, 0.2) is 17.8 Å². The highest BCUT2D eigenvalue weighted by Gasteiger charge is 2.39. The van der Waals surface area contributed by atoms with Gasteiger partial charge in [-0.1, -0.05) is 29.3 Å². The van der Waals surface area contributed by atoms with Gasteiger partial charge in [-0.3, -0.25) is 4.57 Å². The third kappa shape index (κ3) is 6.33. The highest BCUT2D eigenvalue weighted by Crippen LogP contribution is 2.24. The molecule has 198 valence electrons. The molecule has 15 heteroatoms. The van der Waals surface area contributed by atoms with E-state index in [0.717, 1.165) is 9.25 Å². The number of hydrogen-bond donors (Lipinski definition) is 2. The predicted molar refractivity (Wildman–Crippen MR) is 134 cm³/mol. The number of rotatable bonds is 7. The Kier molecular flexibility index (Phi) is 8.70. The van der Waals surface area contributed by atoms with Crippen molar-refractivity contribution in [3.05, 3.63) is 80.7 Å². The van der Waals surface area contributed by atoms with Gasteiger partial charge in [-0.25, -0.2) is 19.1 Å². The molecule has 0 saturated heterocycles. The zero-order valence-electron chi connectivity index (χ0n) is 19.1. The monoisotopic (exact) mass is 577 g/mol. The van der Waals surface area contributed by atoms with Crippen LogP contribution in [0.25, 0.3) is 17.1 Å². The van der Waals surface area contributed by atoms with Crippen LogP contribution in [-0.4, -0.2) is 46.5 Å². The average molecular weight is 579 g/mol. The first-order valence-electron chi connectivity index (χ1n) is 10.6. The molecule has 0 bridgehead atoms. The van der Waals surface area contributed by atoms with Gasteiger partial charge >= 0.3 is 11.9 Å². The number of hydrogen-bond acceptors (Lipinski definition) is 6. The summed E-state index contributed by atoms with van der Waals surface area (Å²) >= 11 is 12.0. The molecule has 4 aromatic rings. The Morgan fingerprint density at radius 2 is 1.76 bits per heavy atom. The summed E-state index contributed by atoms with van der Waals surface area (Å²) in [5.41, 5.74) is 6.08. The standard InChI is InChI=1S/C22H20Cl2F3N7O2.ClH/c1-12(28)19-29-18(30-34(19)16-4-2-3-15(24)9-16)11-33-21(36)32(10-17(35)22(25,26)27)20(31-33)13-5-7-14(23)8-6-13;/h2-9,12,17,35H,10-11,28H2,1H3;1H. The summed E-state index contributed by atoms with van der Waals surface area (Å²) in [4.78, 5) is 17.5. The second-order valence-electron chi connectivity index (χ2n) is 8.01. The van der Waals surface area contributed by atoms with Crippen LogP contribution in [0.3, 0.4) is 0 Å². The Morgan fingerprint density at radius 1 is 1.08 bits per heavy atom. The number of aromatic nitrogens is 6. The van der Waals surface area contributed by atoms with Crippen LogP contribution in [0.2, 0.25) is 10.0 Å². The molecule has 4 rings (SSSR count). The van der Waals surface area contributed by atoms with E-state index in [9.17, 15) is 23.1 Å². The Hall–Kier alpha value is -2.90. The Labute approximate surface area is 224 Å². The van der Waals surface area contributed by atoms with Crippen LogP contribution in [0.5, 0.6) is 0 Å². The van der Waals surface area contributed by atoms with Crippen LogP contribution in [0.4, 0.5) is 13.2 Å². The van der Waals surface area contributed by atoms with Crippen molar-refractivity contribution >= 4 is 35.6 Å². The number of aliphatic hydroxyl groups excluding tert-OH is 1. The average Bonchev–Trinajstić information content (AvgIpc) is 3.36. The molecule has 2 aromatic carbocycles. The molecule has 3 N–H and O–H groups in total. The Balaban J connectivity index is 0.00000380. The lowest BCUT2D eigenvalue weighted by molar-refractivity contribution is -0.207. The van der Waals surface area contributed by atoms with Gasteiger partial charge in [0, 0.05) is 15.6 Å². The fraction of sp³-hybridized carbons (Fsp3) is 0.273. The van der Waals surface area contributed by atoms with Crippen LogP contribution >= 0.6 is 35.6 Å². The highest BCUT2D eigenvalue weighted by atomic mass is 35.5.